The molecule has 1 N–H and O–H groups in total. The number of hydrogen-bond acceptors (Lipinski definition) is 2. The molecule has 2 rings (SSSR count). The quantitative estimate of drug-likeness (QED) is 0.876. The molecule has 1 saturated heterocycles. The minimum atomic E-state index is -0.0552. The molecule has 0 aliphatic carbocycles. The van der Waals surface area contributed by atoms with E-state index in [1.807, 2.05) is 0 Å². The van der Waals surface area contributed by atoms with Gasteiger partial charge in [0.25, 0.3) is 0 Å². The Morgan fingerprint density at radius 3 is 2.59 bits per heavy atom. The Labute approximate surface area is 132 Å². The van der Waals surface area contributed by atoms with Gasteiger partial charge in [-0.25, -0.2) is 0 Å². The lowest BCUT2D eigenvalue weighted by atomic mass is 10.1. The highest BCUT2D eigenvalue weighted by Gasteiger charge is 2.18. The Morgan fingerprint density at radius 2 is 1.86 bits per heavy atom. The monoisotopic (exact) mass is 302 g/mol. The number of rotatable bonds is 6. The van der Waals surface area contributed by atoms with E-state index in [-0.39, 0.29) is 18.4 Å². The molecule has 1 aliphatic heterocycles. The van der Waals surface area contributed by atoms with Crippen molar-refractivity contribution >= 4 is 11.8 Å². The number of nitrogens with zero attached hydrogens (tertiary/aromatic N) is 1. The molecule has 2 amide bonds. The molecular formula is C18H26N2O2. The van der Waals surface area contributed by atoms with Gasteiger partial charge in [0.2, 0.25) is 11.8 Å². The minimum Gasteiger partial charge on any atom is -0.354 e. The van der Waals surface area contributed by atoms with Crippen LogP contribution >= 0.6 is 0 Å². The van der Waals surface area contributed by atoms with E-state index in [0.717, 1.165) is 32.1 Å². The van der Waals surface area contributed by atoms with Crippen LogP contribution in [0.3, 0.4) is 0 Å². The summed E-state index contributed by atoms with van der Waals surface area (Å²) in [5.74, 6) is 0.0585. The van der Waals surface area contributed by atoms with Crippen LogP contribution in [0.4, 0.5) is 0 Å². The normalized spacial score (nSPS) is 15.5. The first kappa shape index (κ1) is 16.5. The van der Waals surface area contributed by atoms with Gasteiger partial charge in [0, 0.05) is 19.5 Å². The second-order valence-corrected chi connectivity index (χ2v) is 5.90. The van der Waals surface area contributed by atoms with Crippen molar-refractivity contribution in [3.8, 4) is 0 Å². The highest BCUT2D eigenvalue weighted by atomic mass is 16.2. The summed E-state index contributed by atoms with van der Waals surface area (Å²) in [6.07, 6.45) is 5.48. The van der Waals surface area contributed by atoms with E-state index in [4.69, 9.17) is 0 Å². The van der Waals surface area contributed by atoms with Gasteiger partial charge >= 0.3 is 0 Å². The van der Waals surface area contributed by atoms with Gasteiger partial charge in [0.1, 0.15) is 0 Å². The third-order valence-corrected chi connectivity index (χ3v) is 4.17. The maximum atomic E-state index is 12.0. The van der Waals surface area contributed by atoms with Crippen LogP contribution in [-0.2, 0) is 22.4 Å². The zero-order valence-corrected chi connectivity index (χ0v) is 13.4. The number of nitrogens with one attached hydrogen (secondary N) is 1. The van der Waals surface area contributed by atoms with Gasteiger partial charge in [-0.3, -0.25) is 9.59 Å². The van der Waals surface area contributed by atoms with Crippen molar-refractivity contribution in [2.24, 2.45) is 0 Å². The van der Waals surface area contributed by atoms with Crippen molar-refractivity contribution in [1.29, 1.82) is 0 Å². The number of carbonyl (C=O) groups is 2. The summed E-state index contributed by atoms with van der Waals surface area (Å²) in [7, 11) is 0. The van der Waals surface area contributed by atoms with Crippen LogP contribution in [0.2, 0.25) is 0 Å². The first-order chi connectivity index (χ1) is 10.7. The number of carbonyl (C=O) groups excluding carboxylic acids is 2. The fraction of sp³-hybridized carbons (Fsp3) is 0.556. The van der Waals surface area contributed by atoms with E-state index < -0.39 is 0 Å². The topological polar surface area (TPSA) is 49.4 Å². The fourth-order valence-corrected chi connectivity index (χ4v) is 2.72. The third-order valence-electron chi connectivity index (χ3n) is 4.17. The van der Waals surface area contributed by atoms with Gasteiger partial charge in [0.15, 0.2) is 0 Å². The van der Waals surface area contributed by atoms with E-state index >= 15 is 0 Å². The predicted molar refractivity (Wildman–Crippen MR) is 87.6 cm³/mol. The minimum absolute atomic E-state index is 0.0552. The molecule has 4 nitrogen and oxygen atoms in total. The van der Waals surface area contributed by atoms with Crippen molar-refractivity contribution in [2.45, 2.75) is 45.4 Å². The molecule has 0 unspecified atom stereocenters. The molecule has 120 valence electrons. The van der Waals surface area contributed by atoms with Gasteiger partial charge in [-0.2, -0.15) is 0 Å². The van der Waals surface area contributed by atoms with Crippen LogP contribution in [0.1, 0.15) is 43.7 Å². The Balaban J connectivity index is 1.71. The fourth-order valence-electron chi connectivity index (χ4n) is 2.72. The molecule has 1 aliphatic rings. The lowest BCUT2D eigenvalue weighted by Crippen LogP contribution is -2.41. The van der Waals surface area contributed by atoms with E-state index in [1.54, 1.807) is 4.90 Å². The van der Waals surface area contributed by atoms with Gasteiger partial charge in [0.05, 0.1) is 6.54 Å². The van der Waals surface area contributed by atoms with Gasteiger partial charge < -0.3 is 10.2 Å². The smallest absolute Gasteiger partial charge is 0.239 e. The number of amides is 2. The van der Waals surface area contributed by atoms with Crippen molar-refractivity contribution in [1.82, 2.24) is 10.2 Å². The van der Waals surface area contributed by atoms with E-state index in [2.05, 4.69) is 36.5 Å². The standard InChI is InChI=1S/C18H26N2O2/c1-2-15-7-9-16(10-8-15)11-12-19-17(21)14-20-13-5-3-4-6-18(20)22/h7-10H,2-6,11-14H2,1H3,(H,19,21). The predicted octanol–water partition coefficient (Wildman–Crippen LogP) is 2.31. The molecule has 0 saturated carbocycles. The maximum absolute atomic E-state index is 12.0. The van der Waals surface area contributed by atoms with Crippen LogP contribution in [0, 0.1) is 0 Å². The second kappa shape index (κ2) is 8.57. The van der Waals surface area contributed by atoms with Crippen LogP contribution in [0.5, 0.6) is 0 Å². The van der Waals surface area contributed by atoms with Crippen molar-refractivity contribution < 1.29 is 9.59 Å². The van der Waals surface area contributed by atoms with Crippen molar-refractivity contribution in [3.05, 3.63) is 35.4 Å². The molecule has 4 heteroatoms. The number of benzene rings is 1. The van der Waals surface area contributed by atoms with Crippen molar-refractivity contribution in [2.75, 3.05) is 19.6 Å². The summed E-state index contributed by atoms with van der Waals surface area (Å²) in [4.78, 5) is 25.5. The van der Waals surface area contributed by atoms with Gasteiger partial charge in [-0.1, -0.05) is 37.6 Å². The van der Waals surface area contributed by atoms with Crippen LogP contribution in [-0.4, -0.2) is 36.3 Å². The van der Waals surface area contributed by atoms with Crippen LogP contribution < -0.4 is 5.32 Å². The zero-order chi connectivity index (χ0) is 15.8. The third kappa shape index (κ3) is 5.17. The Kier molecular flexibility index (Phi) is 6.44. The highest BCUT2D eigenvalue weighted by Crippen LogP contribution is 2.10. The number of hydrogen-bond donors (Lipinski definition) is 1. The molecule has 0 spiro atoms. The molecule has 0 bridgehead atoms. The lowest BCUT2D eigenvalue weighted by molar-refractivity contribution is -0.135. The van der Waals surface area contributed by atoms with E-state index in [9.17, 15) is 9.59 Å². The number of aryl methyl sites for hydroxylation is 1. The van der Waals surface area contributed by atoms with E-state index in [0.29, 0.717) is 19.5 Å². The summed E-state index contributed by atoms with van der Waals surface area (Å²) in [5, 5.41) is 2.92. The summed E-state index contributed by atoms with van der Waals surface area (Å²) in [6, 6.07) is 8.49. The molecule has 1 aromatic rings. The molecule has 0 radical (unpaired) electrons. The Hall–Kier alpha value is -1.84. The molecule has 0 aromatic heterocycles. The average molecular weight is 302 g/mol. The molecule has 1 fully saturated rings. The molecule has 1 heterocycles. The SMILES string of the molecule is CCc1ccc(CCNC(=O)CN2CCCCCC2=O)cc1. The molecule has 1 aromatic carbocycles. The summed E-state index contributed by atoms with van der Waals surface area (Å²) >= 11 is 0. The molecule has 0 atom stereocenters. The first-order valence-corrected chi connectivity index (χ1v) is 8.31. The Bertz CT molecular complexity index is 496. The van der Waals surface area contributed by atoms with Crippen molar-refractivity contribution in [3.63, 3.8) is 0 Å². The maximum Gasteiger partial charge on any atom is 0.239 e. The first-order valence-electron chi connectivity index (χ1n) is 8.31. The second-order valence-electron chi connectivity index (χ2n) is 5.90. The van der Waals surface area contributed by atoms with Gasteiger partial charge in [-0.15, -0.1) is 0 Å². The van der Waals surface area contributed by atoms with E-state index in [1.165, 1.54) is 11.1 Å². The van der Waals surface area contributed by atoms with Crippen LogP contribution in [0.25, 0.3) is 0 Å². The lowest BCUT2D eigenvalue weighted by Gasteiger charge is -2.19. The largest absolute Gasteiger partial charge is 0.354 e. The number of likely N-dealkylation sites (tertiary alicyclic amines) is 1. The Morgan fingerprint density at radius 1 is 1.14 bits per heavy atom. The summed E-state index contributed by atoms with van der Waals surface area (Å²) in [5.41, 5.74) is 2.55. The van der Waals surface area contributed by atoms with Gasteiger partial charge in [-0.05, 0) is 36.8 Å². The molecular weight excluding hydrogens is 276 g/mol. The summed E-state index contributed by atoms with van der Waals surface area (Å²) in [6.45, 7) is 3.67. The highest BCUT2D eigenvalue weighted by molar-refractivity contribution is 5.84. The average Bonchev–Trinajstić information content (AvgIpc) is 2.73. The zero-order valence-electron chi connectivity index (χ0n) is 13.4. The summed E-state index contributed by atoms with van der Waals surface area (Å²) < 4.78 is 0. The van der Waals surface area contributed by atoms with Crippen LogP contribution in [0.15, 0.2) is 24.3 Å². The molecule has 22 heavy (non-hydrogen) atoms.